The molecule has 0 spiro atoms. The molecule has 2 aromatic rings. The maximum absolute atomic E-state index is 11.7. The van der Waals surface area contributed by atoms with Gasteiger partial charge in [0.25, 0.3) is 5.91 Å². The fourth-order valence-electron chi connectivity index (χ4n) is 2.01. The van der Waals surface area contributed by atoms with E-state index in [1.165, 1.54) is 6.08 Å². The van der Waals surface area contributed by atoms with Crippen molar-refractivity contribution in [3.8, 4) is 11.8 Å². The summed E-state index contributed by atoms with van der Waals surface area (Å²) in [6.07, 6.45) is 1.32. The largest absolute Gasteiger partial charge is 0.488 e. The van der Waals surface area contributed by atoms with Crippen molar-refractivity contribution in [2.75, 3.05) is 0 Å². The van der Waals surface area contributed by atoms with Crippen LogP contribution >= 0.6 is 39.1 Å². The Labute approximate surface area is 173 Å². The summed E-state index contributed by atoms with van der Waals surface area (Å²) in [5.41, 5.74) is 5.93. The minimum Gasteiger partial charge on any atom is -0.488 e. The second-order valence-corrected chi connectivity index (χ2v) is 6.90. The number of urea groups is 1. The van der Waals surface area contributed by atoms with Crippen molar-refractivity contribution in [3.05, 3.63) is 67.6 Å². The van der Waals surface area contributed by atoms with E-state index in [4.69, 9.17) is 38.9 Å². The molecule has 0 bridgehead atoms. The molecule has 3 amide bonds. The Morgan fingerprint density at radius 3 is 2.59 bits per heavy atom. The molecule has 0 fully saturated rings. The number of nitrogens with one attached hydrogen (secondary N) is 1. The van der Waals surface area contributed by atoms with Crippen LogP contribution in [0.15, 0.2) is 46.4 Å². The zero-order valence-corrected chi connectivity index (χ0v) is 16.7. The number of nitrogens with two attached hydrogens (primary N) is 1. The Kier molecular flexibility index (Phi) is 7.25. The first-order chi connectivity index (χ1) is 12.8. The van der Waals surface area contributed by atoms with Gasteiger partial charge in [-0.2, -0.15) is 5.26 Å². The molecule has 0 aliphatic carbocycles. The van der Waals surface area contributed by atoms with E-state index in [2.05, 4.69) is 15.9 Å². The highest BCUT2D eigenvalue weighted by Crippen LogP contribution is 2.29. The summed E-state index contributed by atoms with van der Waals surface area (Å²) in [5.74, 6) is -0.336. The number of primary amides is 1. The number of carbonyl (C=O) groups excluding carboxylic acids is 2. The molecule has 2 rings (SSSR count). The summed E-state index contributed by atoms with van der Waals surface area (Å²) in [6, 6.07) is 10.8. The van der Waals surface area contributed by atoms with Crippen molar-refractivity contribution in [2.45, 2.75) is 6.61 Å². The van der Waals surface area contributed by atoms with Crippen LogP contribution in [-0.2, 0) is 11.4 Å². The molecule has 6 nitrogen and oxygen atoms in total. The lowest BCUT2D eigenvalue weighted by atomic mass is 10.1. The number of hydrogen-bond donors (Lipinski definition) is 2. The van der Waals surface area contributed by atoms with Gasteiger partial charge >= 0.3 is 6.03 Å². The number of ether oxygens (including phenoxy) is 1. The van der Waals surface area contributed by atoms with Gasteiger partial charge in [-0.1, -0.05) is 35.3 Å². The van der Waals surface area contributed by atoms with E-state index >= 15 is 0 Å². The van der Waals surface area contributed by atoms with Crippen LogP contribution in [0.1, 0.15) is 11.1 Å². The third-order valence-corrected chi connectivity index (χ3v) is 4.47. The van der Waals surface area contributed by atoms with E-state index in [1.54, 1.807) is 42.5 Å². The third-order valence-electron chi connectivity index (χ3n) is 3.27. The van der Waals surface area contributed by atoms with Gasteiger partial charge < -0.3 is 10.5 Å². The van der Waals surface area contributed by atoms with Crippen LogP contribution < -0.4 is 15.8 Å². The Morgan fingerprint density at radius 2 is 2.00 bits per heavy atom. The molecule has 2 aromatic carbocycles. The summed E-state index contributed by atoms with van der Waals surface area (Å²) in [6.45, 7) is 0.230. The molecule has 27 heavy (non-hydrogen) atoms. The monoisotopic (exact) mass is 467 g/mol. The molecule has 0 atom stereocenters. The van der Waals surface area contributed by atoms with Gasteiger partial charge in [0.15, 0.2) is 0 Å². The van der Waals surface area contributed by atoms with Crippen LogP contribution in [0.5, 0.6) is 5.75 Å². The molecular formula is C18H12BrCl2N3O3. The lowest BCUT2D eigenvalue weighted by Crippen LogP contribution is -2.35. The van der Waals surface area contributed by atoms with Gasteiger partial charge in [0.05, 0.1) is 4.47 Å². The maximum atomic E-state index is 11.7. The molecule has 0 saturated heterocycles. The van der Waals surface area contributed by atoms with E-state index in [9.17, 15) is 9.59 Å². The average Bonchev–Trinajstić information content (AvgIpc) is 2.59. The Hall–Kier alpha value is -2.53. The number of halogens is 3. The molecule has 0 aromatic heterocycles. The number of nitrogens with zero attached hydrogens (tertiary/aromatic N) is 1. The summed E-state index contributed by atoms with van der Waals surface area (Å²) in [7, 11) is 0. The van der Waals surface area contributed by atoms with Gasteiger partial charge in [-0.05, 0) is 51.8 Å². The molecule has 0 heterocycles. The van der Waals surface area contributed by atoms with Crippen molar-refractivity contribution >= 4 is 57.1 Å². The highest BCUT2D eigenvalue weighted by Gasteiger charge is 2.12. The van der Waals surface area contributed by atoms with Crippen molar-refractivity contribution in [3.63, 3.8) is 0 Å². The zero-order valence-electron chi connectivity index (χ0n) is 13.6. The molecular weight excluding hydrogens is 457 g/mol. The Morgan fingerprint density at radius 1 is 1.26 bits per heavy atom. The minimum absolute atomic E-state index is 0.230. The van der Waals surface area contributed by atoms with Gasteiger partial charge in [-0.3, -0.25) is 10.1 Å². The fraction of sp³-hybridized carbons (Fsp3) is 0.0556. The molecule has 3 N–H and O–H groups in total. The molecule has 0 saturated carbocycles. The van der Waals surface area contributed by atoms with Gasteiger partial charge in [-0.25, -0.2) is 4.79 Å². The SMILES string of the molecule is N#C/C(=C/c1ccc(OCc2ccc(Cl)cc2Cl)c(Br)c1)C(=O)NC(N)=O. The number of amides is 3. The lowest BCUT2D eigenvalue weighted by Gasteiger charge is -2.10. The molecule has 9 heteroatoms. The van der Waals surface area contributed by atoms with E-state index in [-0.39, 0.29) is 12.2 Å². The summed E-state index contributed by atoms with van der Waals surface area (Å²) in [4.78, 5) is 22.4. The quantitative estimate of drug-likeness (QED) is 0.499. The number of hydrogen-bond acceptors (Lipinski definition) is 4. The van der Waals surface area contributed by atoms with Gasteiger partial charge in [0, 0.05) is 15.6 Å². The number of carbonyl (C=O) groups is 2. The first-order valence-electron chi connectivity index (χ1n) is 7.39. The normalized spacial score (nSPS) is 10.8. The Balaban J connectivity index is 2.15. The fourth-order valence-corrected chi connectivity index (χ4v) is 2.99. The first kappa shape index (κ1) is 20.8. The van der Waals surface area contributed by atoms with Crippen LogP contribution in [0.4, 0.5) is 4.79 Å². The van der Waals surface area contributed by atoms with Crippen LogP contribution in [0.25, 0.3) is 6.08 Å². The summed E-state index contributed by atoms with van der Waals surface area (Å²) < 4.78 is 6.33. The summed E-state index contributed by atoms with van der Waals surface area (Å²) in [5, 5.41) is 11.9. The van der Waals surface area contributed by atoms with Gasteiger partial charge in [-0.15, -0.1) is 0 Å². The second kappa shape index (κ2) is 9.42. The first-order valence-corrected chi connectivity index (χ1v) is 8.94. The molecule has 0 aliphatic rings. The topological polar surface area (TPSA) is 105 Å². The average molecular weight is 469 g/mol. The van der Waals surface area contributed by atoms with E-state index < -0.39 is 11.9 Å². The van der Waals surface area contributed by atoms with Crippen LogP contribution in [0.3, 0.4) is 0 Å². The highest BCUT2D eigenvalue weighted by molar-refractivity contribution is 9.10. The number of rotatable bonds is 5. The molecule has 0 aliphatic heterocycles. The Bertz CT molecular complexity index is 971. The van der Waals surface area contributed by atoms with Crippen LogP contribution in [0, 0.1) is 11.3 Å². The van der Waals surface area contributed by atoms with Gasteiger partial charge in [0.1, 0.15) is 24.0 Å². The molecule has 0 unspecified atom stereocenters. The van der Waals surface area contributed by atoms with Gasteiger partial charge in [0.2, 0.25) is 0 Å². The van der Waals surface area contributed by atoms with Crippen molar-refractivity contribution in [2.24, 2.45) is 5.73 Å². The standard InChI is InChI=1S/C18H12BrCl2N3O3/c19-14-6-10(5-12(8-22)17(25)24-18(23)26)1-4-16(14)27-9-11-2-3-13(20)7-15(11)21/h1-7H,9H2,(H3,23,24,25,26)/b12-5-. The zero-order chi connectivity index (χ0) is 20.0. The number of imide groups is 1. The van der Waals surface area contributed by atoms with E-state index in [0.29, 0.717) is 25.8 Å². The number of nitriles is 1. The smallest absolute Gasteiger partial charge is 0.319 e. The molecule has 138 valence electrons. The predicted molar refractivity (Wildman–Crippen MR) is 106 cm³/mol. The maximum Gasteiger partial charge on any atom is 0.319 e. The van der Waals surface area contributed by atoms with E-state index in [0.717, 1.165) is 5.56 Å². The van der Waals surface area contributed by atoms with Crippen molar-refractivity contribution < 1.29 is 14.3 Å². The van der Waals surface area contributed by atoms with Crippen molar-refractivity contribution in [1.29, 1.82) is 5.26 Å². The van der Waals surface area contributed by atoms with Crippen LogP contribution in [-0.4, -0.2) is 11.9 Å². The lowest BCUT2D eigenvalue weighted by molar-refractivity contribution is -0.115. The predicted octanol–water partition coefficient (Wildman–Crippen LogP) is 4.44. The van der Waals surface area contributed by atoms with Crippen molar-refractivity contribution in [1.82, 2.24) is 5.32 Å². The molecule has 0 radical (unpaired) electrons. The third kappa shape index (κ3) is 6.00. The number of benzene rings is 2. The highest BCUT2D eigenvalue weighted by atomic mass is 79.9. The van der Waals surface area contributed by atoms with E-state index in [1.807, 2.05) is 5.32 Å². The second-order valence-electron chi connectivity index (χ2n) is 5.20. The minimum atomic E-state index is -1.04. The summed E-state index contributed by atoms with van der Waals surface area (Å²) >= 11 is 15.4. The van der Waals surface area contributed by atoms with Crippen LogP contribution in [0.2, 0.25) is 10.0 Å².